The molecular formula is C23H34O. The molecule has 4 aliphatic rings. The van der Waals surface area contributed by atoms with Crippen molar-refractivity contribution in [3.05, 3.63) is 11.6 Å². The topological polar surface area (TPSA) is 20.2 Å². The summed E-state index contributed by atoms with van der Waals surface area (Å²) in [6.07, 6.45) is 18.1. The van der Waals surface area contributed by atoms with E-state index in [1.54, 1.807) is 5.57 Å². The van der Waals surface area contributed by atoms with Gasteiger partial charge in [0.05, 0.1) is 6.10 Å². The van der Waals surface area contributed by atoms with Crippen LogP contribution in [0, 0.1) is 52.8 Å². The van der Waals surface area contributed by atoms with Crippen LogP contribution < -0.4 is 0 Å². The molecule has 0 aromatic rings. The molecule has 24 heavy (non-hydrogen) atoms. The number of hydrogen-bond donors (Lipinski definition) is 1. The normalized spacial score (nSPS) is 51.6. The summed E-state index contributed by atoms with van der Waals surface area (Å²) in [7, 11) is 0. The van der Waals surface area contributed by atoms with Gasteiger partial charge in [-0.05, 0) is 85.9 Å². The minimum absolute atomic E-state index is 0.0953. The fourth-order valence-electron chi connectivity index (χ4n) is 7.62. The van der Waals surface area contributed by atoms with E-state index in [0.29, 0.717) is 16.7 Å². The second-order valence-corrected chi connectivity index (χ2v) is 9.84. The first-order valence-electron chi connectivity index (χ1n) is 10.2. The number of terminal acetylenes is 1. The van der Waals surface area contributed by atoms with Crippen molar-refractivity contribution in [1.82, 2.24) is 0 Å². The van der Waals surface area contributed by atoms with Crippen LogP contribution in [0.25, 0.3) is 0 Å². The van der Waals surface area contributed by atoms with Crippen LogP contribution >= 0.6 is 0 Å². The number of aliphatic hydroxyl groups excluding tert-OH is 1. The molecule has 0 heterocycles. The third kappa shape index (κ3) is 2.18. The zero-order valence-electron chi connectivity index (χ0n) is 15.7. The number of aliphatic hydroxyl groups is 1. The highest BCUT2D eigenvalue weighted by atomic mass is 16.3. The van der Waals surface area contributed by atoms with E-state index in [1.807, 2.05) is 0 Å². The Kier molecular flexibility index (Phi) is 3.92. The third-order valence-electron chi connectivity index (χ3n) is 9.02. The van der Waals surface area contributed by atoms with Crippen molar-refractivity contribution >= 4 is 0 Å². The van der Waals surface area contributed by atoms with Gasteiger partial charge in [-0.15, -0.1) is 12.3 Å². The van der Waals surface area contributed by atoms with Crippen molar-refractivity contribution in [2.45, 2.75) is 78.2 Å². The molecule has 8 unspecified atom stereocenters. The van der Waals surface area contributed by atoms with Gasteiger partial charge in [0.15, 0.2) is 0 Å². The first kappa shape index (κ1) is 16.7. The highest BCUT2D eigenvalue weighted by Gasteiger charge is 2.59. The largest absolute Gasteiger partial charge is 0.393 e. The molecule has 8 atom stereocenters. The molecule has 4 aliphatic carbocycles. The van der Waals surface area contributed by atoms with Crippen molar-refractivity contribution in [3.8, 4) is 12.3 Å². The number of allylic oxidation sites excluding steroid dienone is 1. The zero-order valence-corrected chi connectivity index (χ0v) is 15.7. The lowest BCUT2D eigenvalue weighted by Gasteiger charge is -2.58. The first-order chi connectivity index (χ1) is 11.4. The van der Waals surface area contributed by atoms with Gasteiger partial charge in [-0.1, -0.05) is 32.4 Å². The summed E-state index contributed by atoms with van der Waals surface area (Å²) in [5.41, 5.74) is 2.40. The fourth-order valence-corrected chi connectivity index (χ4v) is 7.62. The average molecular weight is 327 g/mol. The maximum absolute atomic E-state index is 10.1. The molecule has 3 fully saturated rings. The van der Waals surface area contributed by atoms with Gasteiger partial charge < -0.3 is 5.11 Å². The third-order valence-corrected chi connectivity index (χ3v) is 9.02. The second kappa shape index (κ2) is 5.63. The molecule has 1 N–H and O–H groups in total. The molecule has 0 bridgehead atoms. The van der Waals surface area contributed by atoms with E-state index in [2.05, 4.69) is 32.8 Å². The second-order valence-electron chi connectivity index (χ2n) is 9.84. The lowest BCUT2D eigenvalue weighted by Crippen LogP contribution is -2.50. The van der Waals surface area contributed by atoms with Crippen LogP contribution in [-0.2, 0) is 0 Å². The van der Waals surface area contributed by atoms with Crippen LogP contribution in [0.2, 0.25) is 0 Å². The van der Waals surface area contributed by atoms with Crippen molar-refractivity contribution < 1.29 is 5.11 Å². The Morgan fingerprint density at radius 1 is 1.17 bits per heavy atom. The zero-order chi connectivity index (χ0) is 17.1. The molecule has 0 radical (unpaired) electrons. The lowest BCUT2D eigenvalue weighted by molar-refractivity contribution is -0.0535. The lowest BCUT2D eigenvalue weighted by atomic mass is 9.47. The molecule has 0 saturated heterocycles. The van der Waals surface area contributed by atoms with Crippen LogP contribution in [-0.4, -0.2) is 11.2 Å². The Morgan fingerprint density at radius 2 is 1.96 bits per heavy atom. The molecule has 0 spiro atoms. The summed E-state index contributed by atoms with van der Waals surface area (Å²) in [4.78, 5) is 0. The van der Waals surface area contributed by atoms with Crippen LogP contribution in [0.4, 0.5) is 0 Å². The minimum Gasteiger partial charge on any atom is -0.393 e. The maximum Gasteiger partial charge on any atom is 0.0577 e. The maximum atomic E-state index is 10.1. The van der Waals surface area contributed by atoms with E-state index in [0.717, 1.165) is 36.5 Å². The molecule has 132 valence electrons. The van der Waals surface area contributed by atoms with E-state index < -0.39 is 0 Å². The van der Waals surface area contributed by atoms with Gasteiger partial charge in [0.25, 0.3) is 0 Å². The number of rotatable bonds is 1. The Morgan fingerprint density at radius 3 is 2.71 bits per heavy atom. The van der Waals surface area contributed by atoms with E-state index in [9.17, 15) is 5.11 Å². The van der Waals surface area contributed by atoms with Crippen LogP contribution in [0.1, 0.15) is 72.1 Å². The van der Waals surface area contributed by atoms with Crippen molar-refractivity contribution in [2.24, 2.45) is 40.4 Å². The van der Waals surface area contributed by atoms with Crippen LogP contribution in [0.3, 0.4) is 0 Å². The number of fused-ring (bicyclic) bond motifs is 5. The summed E-state index contributed by atoms with van der Waals surface area (Å²) in [5.74, 6) is 6.75. The summed E-state index contributed by atoms with van der Waals surface area (Å²) in [5, 5.41) is 10.1. The average Bonchev–Trinajstić information content (AvgIpc) is 2.92. The van der Waals surface area contributed by atoms with Crippen LogP contribution in [0.15, 0.2) is 11.6 Å². The summed E-state index contributed by atoms with van der Waals surface area (Å²) >= 11 is 0. The molecule has 4 rings (SSSR count). The van der Waals surface area contributed by atoms with Gasteiger partial charge in [0.2, 0.25) is 0 Å². The Balaban J connectivity index is 1.64. The standard InChI is InChI=1S/C23H34O/c1-5-15(2)19-8-9-20-18-7-6-16-14-17(24)10-12-22(16,3)21(18)11-13-23(19,20)4/h1,6,15,17-21,24H,7-14H2,2-4H3. The van der Waals surface area contributed by atoms with Crippen molar-refractivity contribution in [1.29, 1.82) is 0 Å². The highest BCUT2D eigenvalue weighted by molar-refractivity contribution is 5.25. The monoisotopic (exact) mass is 326 g/mol. The van der Waals surface area contributed by atoms with E-state index in [4.69, 9.17) is 6.42 Å². The van der Waals surface area contributed by atoms with Gasteiger partial charge >= 0.3 is 0 Å². The molecular weight excluding hydrogens is 292 g/mol. The summed E-state index contributed by atoms with van der Waals surface area (Å²) in [6, 6.07) is 0. The predicted octanol–water partition coefficient (Wildman–Crippen LogP) is 5.20. The minimum atomic E-state index is -0.0953. The Bertz CT molecular complexity index is 583. The van der Waals surface area contributed by atoms with Crippen molar-refractivity contribution in [2.75, 3.05) is 0 Å². The molecule has 0 amide bonds. The van der Waals surface area contributed by atoms with Gasteiger partial charge in [0.1, 0.15) is 0 Å². The summed E-state index contributed by atoms with van der Waals surface area (Å²) < 4.78 is 0. The Hall–Kier alpha value is -0.740. The van der Waals surface area contributed by atoms with Gasteiger partial charge in [0, 0.05) is 5.92 Å². The molecule has 0 aromatic carbocycles. The highest BCUT2D eigenvalue weighted by Crippen LogP contribution is 2.67. The molecule has 0 aromatic heterocycles. The fraction of sp³-hybridized carbons (Fsp3) is 0.826. The van der Waals surface area contributed by atoms with Gasteiger partial charge in [-0.2, -0.15) is 0 Å². The smallest absolute Gasteiger partial charge is 0.0577 e. The van der Waals surface area contributed by atoms with Gasteiger partial charge in [-0.25, -0.2) is 0 Å². The van der Waals surface area contributed by atoms with Crippen molar-refractivity contribution in [3.63, 3.8) is 0 Å². The molecule has 3 saturated carbocycles. The molecule has 1 nitrogen and oxygen atoms in total. The van der Waals surface area contributed by atoms with E-state index in [-0.39, 0.29) is 6.10 Å². The Labute approximate surface area is 148 Å². The first-order valence-corrected chi connectivity index (χ1v) is 10.2. The van der Waals surface area contributed by atoms with E-state index >= 15 is 0 Å². The van der Waals surface area contributed by atoms with Crippen LogP contribution in [0.5, 0.6) is 0 Å². The number of hydrogen-bond acceptors (Lipinski definition) is 1. The van der Waals surface area contributed by atoms with Gasteiger partial charge in [-0.3, -0.25) is 0 Å². The van der Waals surface area contributed by atoms with E-state index in [1.165, 1.54) is 38.5 Å². The summed E-state index contributed by atoms with van der Waals surface area (Å²) in [6.45, 7) is 7.35. The molecule has 0 aliphatic heterocycles. The molecule has 1 heteroatoms. The SMILES string of the molecule is C#CC(C)C1CCC2C3CC=C4CC(O)CCC4(C)C3CCC12C. The quantitative estimate of drug-likeness (QED) is 0.519. The predicted molar refractivity (Wildman–Crippen MR) is 99.2 cm³/mol.